The number of hydrogen-bond acceptors (Lipinski definition) is 2. The summed E-state index contributed by atoms with van der Waals surface area (Å²) in [6.07, 6.45) is 0. The second-order valence-corrected chi connectivity index (χ2v) is 2.73. The first kappa shape index (κ1) is 8.94. The number of hydrogen-bond donors (Lipinski definition) is 1. The van der Waals surface area contributed by atoms with Crippen LogP contribution in [0.4, 0.5) is 0 Å². The van der Waals surface area contributed by atoms with Gasteiger partial charge in [-0.1, -0.05) is 24.3 Å². The van der Waals surface area contributed by atoms with Gasteiger partial charge in [-0.15, -0.1) is 0 Å². The van der Waals surface area contributed by atoms with Crippen LogP contribution in [0.1, 0.15) is 11.1 Å². The van der Waals surface area contributed by atoms with Crippen LogP contribution in [0.25, 0.3) is 0 Å². The molecule has 0 amide bonds. The van der Waals surface area contributed by atoms with Crippen LogP contribution in [-0.4, -0.2) is 13.4 Å². The molecular formula is C10H14N2. The molecule has 1 aromatic carbocycles. The molecule has 0 aliphatic heterocycles. The fourth-order valence-electron chi connectivity index (χ4n) is 1.08. The molecule has 2 nitrogen and oxygen atoms in total. The number of rotatable bonds is 4. The minimum absolute atomic E-state index is 0.619. The minimum atomic E-state index is 0.619. The maximum atomic E-state index is 3.72. The molecule has 2 heteroatoms. The molecule has 64 valence electrons. The fourth-order valence-corrected chi connectivity index (χ4v) is 1.08. The van der Waals surface area contributed by atoms with E-state index in [1.165, 1.54) is 11.1 Å². The molecule has 0 heterocycles. The SMILES string of the molecule is C=NCNCc1ccccc1C. The lowest BCUT2D eigenvalue weighted by Gasteiger charge is -2.04. The summed E-state index contributed by atoms with van der Waals surface area (Å²) >= 11 is 0. The van der Waals surface area contributed by atoms with Crippen molar-refractivity contribution >= 4 is 6.72 Å². The van der Waals surface area contributed by atoms with Gasteiger partial charge < -0.3 is 0 Å². The van der Waals surface area contributed by atoms with Gasteiger partial charge in [0.15, 0.2) is 0 Å². The molecule has 0 unspecified atom stereocenters. The van der Waals surface area contributed by atoms with Crippen molar-refractivity contribution in [3.8, 4) is 0 Å². The van der Waals surface area contributed by atoms with Gasteiger partial charge in [0.05, 0.1) is 6.67 Å². The highest BCUT2D eigenvalue weighted by molar-refractivity contribution is 5.25. The predicted molar refractivity (Wildman–Crippen MR) is 52.4 cm³/mol. The summed E-state index contributed by atoms with van der Waals surface area (Å²) in [5.41, 5.74) is 2.63. The molecule has 0 aromatic heterocycles. The molecule has 1 rings (SSSR count). The molecule has 1 aromatic rings. The van der Waals surface area contributed by atoms with E-state index in [-0.39, 0.29) is 0 Å². The topological polar surface area (TPSA) is 24.4 Å². The third-order valence-corrected chi connectivity index (χ3v) is 1.80. The molecule has 0 spiro atoms. The van der Waals surface area contributed by atoms with Crippen molar-refractivity contribution < 1.29 is 0 Å². The molecule has 0 aliphatic carbocycles. The maximum absolute atomic E-state index is 3.72. The van der Waals surface area contributed by atoms with E-state index in [2.05, 4.69) is 36.1 Å². The van der Waals surface area contributed by atoms with E-state index < -0.39 is 0 Å². The molecule has 0 fully saturated rings. The highest BCUT2D eigenvalue weighted by Crippen LogP contribution is 2.05. The fraction of sp³-hybridized carbons (Fsp3) is 0.300. The van der Waals surface area contributed by atoms with Gasteiger partial charge in [-0.25, -0.2) is 0 Å². The average Bonchev–Trinajstić information content (AvgIpc) is 2.09. The Hall–Kier alpha value is -1.15. The first-order valence-electron chi connectivity index (χ1n) is 4.02. The zero-order valence-corrected chi connectivity index (χ0v) is 7.38. The van der Waals surface area contributed by atoms with Crippen LogP contribution in [0.3, 0.4) is 0 Å². The molecule has 0 aliphatic rings. The normalized spacial score (nSPS) is 9.75. The van der Waals surface area contributed by atoms with Gasteiger partial charge >= 0.3 is 0 Å². The summed E-state index contributed by atoms with van der Waals surface area (Å²) in [7, 11) is 0. The lowest BCUT2D eigenvalue weighted by atomic mass is 10.1. The van der Waals surface area contributed by atoms with Crippen molar-refractivity contribution in [3.63, 3.8) is 0 Å². The summed E-state index contributed by atoms with van der Waals surface area (Å²) in [5, 5.41) is 3.16. The van der Waals surface area contributed by atoms with Crippen LogP contribution in [0, 0.1) is 6.92 Å². The Morgan fingerprint density at radius 1 is 1.42 bits per heavy atom. The van der Waals surface area contributed by atoms with Gasteiger partial charge in [0, 0.05) is 6.54 Å². The second-order valence-electron chi connectivity index (χ2n) is 2.73. The van der Waals surface area contributed by atoms with Crippen molar-refractivity contribution in [1.29, 1.82) is 0 Å². The summed E-state index contributed by atoms with van der Waals surface area (Å²) in [5.74, 6) is 0. The highest BCUT2D eigenvalue weighted by atomic mass is 15.0. The summed E-state index contributed by atoms with van der Waals surface area (Å²) in [6.45, 7) is 7.00. The summed E-state index contributed by atoms with van der Waals surface area (Å²) < 4.78 is 0. The van der Waals surface area contributed by atoms with Crippen LogP contribution in [0.5, 0.6) is 0 Å². The molecule has 1 N–H and O–H groups in total. The first-order valence-corrected chi connectivity index (χ1v) is 4.02. The molecule has 0 radical (unpaired) electrons. The van der Waals surface area contributed by atoms with Gasteiger partial charge in [-0.05, 0) is 24.8 Å². The Morgan fingerprint density at radius 2 is 2.17 bits per heavy atom. The molecule has 0 bridgehead atoms. The van der Waals surface area contributed by atoms with Gasteiger partial charge in [0.25, 0.3) is 0 Å². The van der Waals surface area contributed by atoms with Crippen LogP contribution in [-0.2, 0) is 6.54 Å². The lowest BCUT2D eigenvalue weighted by molar-refractivity contribution is 0.710. The largest absolute Gasteiger partial charge is 0.294 e. The van der Waals surface area contributed by atoms with Gasteiger partial charge in [0.1, 0.15) is 0 Å². The molecular weight excluding hydrogens is 148 g/mol. The zero-order valence-electron chi connectivity index (χ0n) is 7.38. The number of aliphatic imine (C=N–C) groups is 1. The zero-order chi connectivity index (χ0) is 8.81. The van der Waals surface area contributed by atoms with Gasteiger partial charge in [-0.3, -0.25) is 10.3 Å². The monoisotopic (exact) mass is 162 g/mol. The summed E-state index contributed by atoms with van der Waals surface area (Å²) in [4.78, 5) is 3.72. The van der Waals surface area contributed by atoms with Crippen molar-refractivity contribution in [2.24, 2.45) is 4.99 Å². The number of aryl methyl sites for hydroxylation is 1. The van der Waals surface area contributed by atoms with E-state index in [9.17, 15) is 0 Å². The van der Waals surface area contributed by atoms with Gasteiger partial charge in [-0.2, -0.15) is 0 Å². The van der Waals surface area contributed by atoms with E-state index in [0.29, 0.717) is 6.67 Å². The van der Waals surface area contributed by atoms with Crippen LogP contribution in [0.15, 0.2) is 29.3 Å². The highest BCUT2D eigenvalue weighted by Gasteiger charge is 1.93. The Labute approximate surface area is 73.3 Å². The Balaban J connectivity index is 2.51. The minimum Gasteiger partial charge on any atom is -0.294 e. The van der Waals surface area contributed by atoms with Crippen LogP contribution < -0.4 is 5.32 Å². The van der Waals surface area contributed by atoms with Crippen molar-refractivity contribution in [3.05, 3.63) is 35.4 Å². The van der Waals surface area contributed by atoms with Crippen LogP contribution >= 0.6 is 0 Å². The van der Waals surface area contributed by atoms with E-state index >= 15 is 0 Å². The third-order valence-electron chi connectivity index (χ3n) is 1.80. The number of nitrogens with zero attached hydrogens (tertiary/aromatic N) is 1. The van der Waals surface area contributed by atoms with Crippen molar-refractivity contribution in [1.82, 2.24) is 5.32 Å². The van der Waals surface area contributed by atoms with E-state index in [4.69, 9.17) is 0 Å². The molecule has 0 atom stereocenters. The Morgan fingerprint density at radius 3 is 2.83 bits per heavy atom. The van der Waals surface area contributed by atoms with Crippen molar-refractivity contribution in [2.75, 3.05) is 6.67 Å². The third kappa shape index (κ3) is 2.47. The molecule has 0 saturated carbocycles. The number of nitrogens with one attached hydrogen (secondary N) is 1. The lowest BCUT2D eigenvalue weighted by Crippen LogP contribution is -2.13. The maximum Gasteiger partial charge on any atom is 0.0879 e. The molecule has 0 saturated heterocycles. The standard InChI is InChI=1S/C10H14N2/c1-9-5-3-4-6-10(9)7-12-8-11-2/h3-6,12H,2,7-8H2,1H3. The van der Waals surface area contributed by atoms with Crippen LogP contribution in [0.2, 0.25) is 0 Å². The van der Waals surface area contributed by atoms with E-state index in [0.717, 1.165) is 6.54 Å². The quantitative estimate of drug-likeness (QED) is 0.529. The predicted octanol–water partition coefficient (Wildman–Crippen LogP) is 1.74. The Kier molecular flexibility index (Phi) is 3.48. The number of benzene rings is 1. The van der Waals surface area contributed by atoms with E-state index in [1.807, 2.05) is 12.1 Å². The second kappa shape index (κ2) is 4.67. The van der Waals surface area contributed by atoms with Gasteiger partial charge in [0.2, 0.25) is 0 Å². The molecule has 12 heavy (non-hydrogen) atoms. The van der Waals surface area contributed by atoms with E-state index in [1.54, 1.807) is 0 Å². The average molecular weight is 162 g/mol. The smallest absolute Gasteiger partial charge is 0.0879 e. The Bertz CT molecular complexity index is 256. The van der Waals surface area contributed by atoms with Crippen molar-refractivity contribution in [2.45, 2.75) is 13.5 Å². The summed E-state index contributed by atoms with van der Waals surface area (Å²) in [6, 6.07) is 8.32. The first-order chi connectivity index (χ1) is 5.84.